The van der Waals surface area contributed by atoms with Crippen LogP contribution in [0.4, 0.5) is 5.69 Å². The number of nitrogens with zero attached hydrogens (tertiary/aromatic N) is 1. The average Bonchev–Trinajstić information content (AvgIpc) is 2.29. The number of benzene rings is 1. The molecule has 0 N–H and O–H groups in total. The van der Waals surface area contributed by atoms with Crippen LogP contribution in [0, 0.1) is 12.3 Å². The Balaban J connectivity index is 2.23. The molecule has 1 fully saturated rings. The number of carbonyl (C=O) groups is 1. The summed E-state index contributed by atoms with van der Waals surface area (Å²) >= 11 is 0. The van der Waals surface area contributed by atoms with Gasteiger partial charge in [0.2, 0.25) is 0 Å². The Labute approximate surface area is 104 Å². The largest absolute Gasteiger partial charge is 0.371 e. The summed E-state index contributed by atoms with van der Waals surface area (Å²) in [6.07, 6.45) is 3.35. The first kappa shape index (κ1) is 12.2. The molecule has 1 aromatic carbocycles. The summed E-state index contributed by atoms with van der Waals surface area (Å²) in [4.78, 5) is 13.4. The molecule has 0 aromatic heterocycles. The van der Waals surface area contributed by atoms with E-state index in [9.17, 15) is 4.79 Å². The zero-order valence-electron chi connectivity index (χ0n) is 11.0. The second-order valence-electron chi connectivity index (χ2n) is 5.83. The van der Waals surface area contributed by atoms with Crippen molar-refractivity contribution < 1.29 is 4.79 Å². The fourth-order valence-electron chi connectivity index (χ4n) is 2.38. The third-order valence-electron chi connectivity index (χ3n) is 3.77. The van der Waals surface area contributed by atoms with Crippen molar-refractivity contribution in [2.24, 2.45) is 5.41 Å². The fraction of sp³-hybridized carbons (Fsp3) is 0.533. The summed E-state index contributed by atoms with van der Waals surface area (Å²) in [6.45, 7) is 8.82. The molecular weight excluding hydrogens is 210 g/mol. The van der Waals surface area contributed by atoms with Crippen molar-refractivity contribution in [2.75, 3.05) is 18.0 Å². The molecule has 0 spiro atoms. The highest BCUT2D eigenvalue weighted by molar-refractivity contribution is 5.85. The quantitative estimate of drug-likeness (QED) is 0.727. The maximum absolute atomic E-state index is 11.1. The monoisotopic (exact) mass is 231 g/mol. The normalized spacial score (nSPS) is 19.1. The minimum absolute atomic E-state index is 0.446. The zero-order chi connectivity index (χ0) is 12.5. The van der Waals surface area contributed by atoms with E-state index in [2.05, 4.69) is 31.7 Å². The molecule has 0 aliphatic carbocycles. The van der Waals surface area contributed by atoms with Crippen LogP contribution in [-0.2, 0) is 0 Å². The molecule has 0 radical (unpaired) electrons. The molecule has 0 atom stereocenters. The molecule has 2 nitrogen and oxygen atoms in total. The molecule has 0 amide bonds. The molecular formula is C15H21NO. The van der Waals surface area contributed by atoms with E-state index in [1.165, 1.54) is 18.4 Å². The molecule has 0 saturated carbocycles. The molecule has 92 valence electrons. The predicted molar refractivity (Wildman–Crippen MR) is 71.8 cm³/mol. The van der Waals surface area contributed by atoms with Gasteiger partial charge in [0.25, 0.3) is 0 Å². The zero-order valence-corrected chi connectivity index (χ0v) is 11.0. The third kappa shape index (κ3) is 2.68. The van der Waals surface area contributed by atoms with Gasteiger partial charge in [-0.3, -0.25) is 4.79 Å². The molecule has 2 heteroatoms. The van der Waals surface area contributed by atoms with E-state index >= 15 is 0 Å². The summed E-state index contributed by atoms with van der Waals surface area (Å²) in [6, 6.07) is 6.06. The minimum atomic E-state index is 0.446. The van der Waals surface area contributed by atoms with Crippen LogP contribution in [0.25, 0.3) is 0 Å². The molecule has 0 unspecified atom stereocenters. The van der Waals surface area contributed by atoms with Gasteiger partial charge < -0.3 is 4.90 Å². The second kappa shape index (κ2) is 4.52. The average molecular weight is 231 g/mol. The molecule has 1 saturated heterocycles. The Morgan fingerprint density at radius 3 is 2.47 bits per heavy atom. The summed E-state index contributed by atoms with van der Waals surface area (Å²) in [7, 11) is 0. The van der Waals surface area contributed by atoms with Crippen molar-refractivity contribution in [2.45, 2.75) is 33.6 Å². The molecule has 1 aliphatic heterocycles. The smallest absolute Gasteiger partial charge is 0.152 e. The van der Waals surface area contributed by atoms with Gasteiger partial charge in [0.15, 0.2) is 6.29 Å². The number of hydrogen-bond donors (Lipinski definition) is 0. The van der Waals surface area contributed by atoms with Crippen molar-refractivity contribution in [3.8, 4) is 0 Å². The predicted octanol–water partition coefficient (Wildman–Crippen LogP) is 3.43. The summed E-state index contributed by atoms with van der Waals surface area (Å²) in [5, 5.41) is 0. The van der Waals surface area contributed by atoms with Gasteiger partial charge in [-0.15, -0.1) is 0 Å². The number of carbonyl (C=O) groups excluding carboxylic acids is 1. The summed E-state index contributed by atoms with van der Waals surface area (Å²) in [5.74, 6) is 0. The molecule has 1 aromatic rings. The van der Waals surface area contributed by atoms with Gasteiger partial charge in [0, 0.05) is 24.3 Å². The summed E-state index contributed by atoms with van der Waals surface area (Å²) in [5.41, 5.74) is 3.59. The lowest BCUT2D eigenvalue weighted by atomic mass is 9.82. The van der Waals surface area contributed by atoms with Gasteiger partial charge in [-0.1, -0.05) is 19.9 Å². The van der Waals surface area contributed by atoms with E-state index < -0.39 is 0 Å². The maximum atomic E-state index is 11.1. The van der Waals surface area contributed by atoms with E-state index in [0.29, 0.717) is 5.41 Å². The van der Waals surface area contributed by atoms with E-state index in [4.69, 9.17) is 0 Å². The van der Waals surface area contributed by atoms with Gasteiger partial charge in [0.1, 0.15) is 0 Å². The maximum Gasteiger partial charge on any atom is 0.152 e. The SMILES string of the molecule is Cc1ccc(C=O)c(N2CCC(C)(C)CC2)c1. The van der Waals surface area contributed by atoms with Crippen LogP contribution in [0.15, 0.2) is 18.2 Å². The number of aldehydes is 1. The number of aryl methyl sites for hydroxylation is 1. The van der Waals surface area contributed by atoms with E-state index in [1.54, 1.807) is 0 Å². The Bertz CT molecular complexity index is 413. The van der Waals surface area contributed by atoms with Crippen LogP contribution in [0.1, 0.15) is 42.6 Å². The van der Waals surface area contributed by atoms with Crippen molar-refractivity contribution in [3.63, 3.8) is 0 Å². The van der Waals surface area contributed by atoms with Crippen LogP contribution in [0.5, 0.6) is 0 Å². The fourth-order valence-corrected chi connectivity index (χ4v) is 2.38. The van der Waals surface area contributed by atoms with E-state index in [-0.39, 0.29) is 0 Å². The topological polar surface area (TPSA) is 20.3 Å². The molecule has 2 rings (SSSR count). The Hall–Kier alpha value is -1.31. The standard InChI is InChI=1S/C15H21NO/c1-12-4-5-13(11-17)14(10-12)16-8-6-15(2,3)7-9-16/h4-5,10-11H,6-9H2,1-3H3. The van der Waals surface area contributed by atoms with Crippen LogP contribution in [0.3, 0.4) is 0 Å². The first-order chi connectivity index (χ1) is 8.02. The third-order valence-corrected chi connectivity index (χ3v) is 3.77. The van der Waals surface area contributed by atoms with Crippen LogP contribution < -0.4 is 4.90 Å². The van der Waals surface area contributed by atoms with Gasteiger partial charge >= 0.3 is 0 Å². The molecule has 17 heavy (non-hydrogen) atoms. The Morgan fingerprint density at radius 2 is 1.88 bits per heavy atom. The van der Waals surface area contributed by atoms with Crippen LogP contribution in [-0.4, -0.2) is 19.4 Å². The molecule has 1 heterocycles. The molecule has 0 bridgehead atoms. The van der Waals surface area contributed by atoms with Crippen molar-refractivity contribution in [1.29, 1.82) is 0 Å². The van der Waals surface area contributed by atoms with Crippen molar-refractivity contribution in [3.05, 3.63) is 29.3 Å². The van der Waals surface area contributed by atoms with Crippen LogP contribution >= 0.6 is 0 Å². The summed E-state index contributed by atoms with van der Waals surface area (Å²) < 4.78 is 0. The first-order valence-electron chi connectivity index (χ1n) is 6.33. The second-order valence-corrected chi connectivity index (χ2v) is 5.83. The first-order valence-corrected chi connectivity index (χ1v) is 6.33. The minimum Gasteiger partial charge on any atom is -0.371 e. The lowest BCUT2D eigenvalue weighted by Gasteiger charge is -2.38. The van der Waals surface area contributed by atoms with E-state index in [0.717, 1.165) is 30.6 Å². The Kier molecular flexibility index (Phi) is 3.23. The van der Waals surface area contributed by atoms with Gasteiger partial charge in [-0.25, -0.2) is 0 Å². The number of piperidine rings is 1. The van der Waals surface area contributed by atoms with E-state index in [1.807, 2.05) is 12.1 Å². The number of rotatable bonds is 2. The van der Waals surface area contributed by atoms with Gasteiger partial charge in [0.05, 0.1) is 0 Å². The van der Waals surface area contributed by atoms with Gasteiger partial charge in [-0.2, -0.15) is 0 Å². The molecule has 1 aliphatic rings. The number of anilines is 1. The van der Waals surface area contributed by atoms with Crippen molar-refractivity contribution in [1.82, 2.24) is 0 Å². The van der Waals surface area contributed by atoms with Crippen LogP contribution in [0.2, 0.25) is 0 Å². The van der Waals surface area contributed by atoms with Crippen molar-refractivity contribution >= 4 is 12.0 Å². The number of hydrogen-bond acceptors (Lipinski definition) is 2. The lowest BCUT2D eigenvalue weighted by Crippen LogP contribution is -2.37. The highest BCUT2D eigenvalue weighted by Crippen LogP contribution is 2.33. The highest BCUT2D eigenvalue weighted by atomic mass is 16.1. The lowest BCUT2D eigenvalue weighted by molar-refractivity contribution is 0.112. The van der Waals surface area contributed by atoms with Gasteiger partial charge in [-0.05, 0) is 42.9 Å². The Morgan fingerprint density at radius 1 is 1.24 bits per heavy atom. The highest BCUT2D eigenvalue weighted by Gasteiger charge is 2.26.